The van der Waals surface area contributed by atoms with Crippen molar-refractivity contribution in [1.29, 1.82) is 0 Å². The Balaban J connectivity index is 1.72. The molecule has 0 spiro atoms. The average Bonchev–Trinajstić information content (AvgIpc) is 2.81. The van der Waals surface area contributed by atoms with E-state index in [0.29, 0.717) is 0 Å². The number of rotatable bonds is 2. The molecule has 1 aromatic rings. The highest BCUT2D eigenvalue weighted by Crippen LogP contribution is 2.23. The molecule has 2 aliphatic heterocycles. The van der Waals surface area contributed by atoms with Gasteiger partial charge >= 0.3 is 0 Å². The zero-order valence-corrected chi connectivity index (χ0v) is 12.3. The van der Waals surface area contributed by atoms with E-state index in [1.54, 1.807) is 0 Å². The van der Waals surface area contributed by atoms with Crippen LogP contribution < -0.4 is 5.32 Å². The van der Waals surface area contributed by atoms with Crippen LogP contribution in [-0.4, -0.2) is 23.9 Å². The van der Waals surface area contributed by atoms with Crippen molar-refractivity contribution < 1.29 is 4.79 Å². The Morgan fingerprint density at radius 2 is 2.10 bits per heavy atom. The molecule has 1 N–H and O–H groups in total. The molecule has 108 valence electrons. The molecule has 1 amide bonds. The SMILES string of the molecule is CCC1CCCN(C(=O)c2ccc3c(c2)CNC3)CC1. The van der Waals surface area contributed by atoms with Crippen LogP contribution in [0.4, 0.5) is 0 Å². The molecule has 3 rings (SSSR count). The first-order valence-corrected chi connectivity index (χ1v) is 7.89. The van der Waals surface area contributed by atoms with Gasteiger partial charge < -0.3 is 10.2 Å². The number of nitrogens with one attached hydrogen (secondary N) is 1. The molecule has 0 saturated carbocycles. The largest absolute Gasteiger partial charge is 0.339 e. The number of carbonyl (C=O) groups excluding carboxylic acids is 1. The highest BCUT2D eigenvalue weighted by molar-refractivity contribution is 5.94. The second-order valence-corrected chi connectivity index (χ2v) is 6.08. The lowest BCUT2D eigenvalue weighted by Crippen LogP contribution is -2.32. The molecule has 0 aliphatic carbocycles. The second-order valence-electron chi connectivity index (χ2n) is 6.08. The molecule has 1 saturated heterocycles. The van der Waals surface area contributed by atoms with Crippen molar-refractivity contribution >= 4 is 5.91 Å². The van der Waals surface area contributed by atoms with Crippen LogP contribution in [-0.2, 0) is 13.1 Å². The van der Waals surface area contributed by atoms with Crippen LogP contribution in [0.3, 0.4) is 0 Å². The van der Waals surface area contributed by atoms with Gasteiger partial charge in [0.25, 0.3) is 5.91 Å². The molecule has 0 bridgehead atoms. The summed E-state index contributed by atoms with van der Waals surface area (Å²) in [7, 11) is 0. The summed E-state index contributed by atoms with van der Waals surface area (Å²) in [6.45, 7) is 5.94. The van der Waals surface area contributed by atoms with Gasteiger partial charge in [0, 0.05) is 31.7 Å². The Morgan fingerprint density at radius 3 is 2.95 bits per heavy atom. The summed E-state index contributed by atoms with van der Waals surface area (Å²) in [4.78, 5) is 14.7. The number of amides is 1. The van der Waals surface area contributed by atoms with Gasteiger partial charge in [0.2, 0.25) is 0 Å². The van der Waals surface area contributed by atoms with E-state index in [1.807, 2.05) is 6.07 Å². The highest BCUT2D eigenvalue weighted by atomic mass is 16.2. The van der Waals surface area contributed by atoms with Gasteiger partial charge in [-0.25, -0.2) is 0 Å². The van der Waals surface area contributed by atoms with Crippen LogP contribution in [0, 0.1) is 5.92 Å². The normalized spacial score (nSPS) is 22.4. The van der Waals surface area contributed by atoms with Crippen molar-refractivity contribution in [2.24, 2.45) is 5.92 Å². The molecule has 20 heavy (non-hydrogen) atoms. The predicted octanol–water partition coefficient (Wildman–Crippen LogP) is 2.94. The summed E-state index contributed by atoms with van der Waals surface area (Å²) >= 11 is 0. The topological polar surface area (TPSA) is 32.3 Å². The number of likely N-dealkylation sites (tertiary alicyclic amines) is 1. The molecule has 2 heterocycles. The summed E-state index contributed by atoms with van der Waals surface area (Å²) in [5.74, 6) is 1.02. The Morgan fingerprint density at radius 1 is 1.25 bits per heavy atom. The van der Waals surface area contributed by atoms with E-state index in [-0.39, 0.29) is 5.91 Å². The molecule has 1 fully saturated rings. The number of hydrogen-bond donors (Lipinski definition) is 1. The standard InChI is InChI=1S/C17H24N2O/c1-2-13-4-3-8-19(9-7-13)17(20)14-5-6-15-11-18-12-16(15)10-14/h5-6,10,13,18H,2-4,7-9,11-12H2,1H3. The van der Waals surface area contributed by atoms with Crippen LogP contribution in [0.1, 0.15) is 54.1 Å². The maximum Gasteiger partial charge on any atom is 0.253 e. The van der Waals surface area contributed by atoms with Crippen molar-refractivity contribution in [2.45, 2.75) is 45.7 Å². The molecule has 2 aliphatic rings. The Labute approximate surface area is 121 Å². The summed E-state index contributed by atoms with van der Waals surface area (Å²) in [5, 5.41) is 3.33. The van der Waals surface area contributed by atoms with E-state index >= 15 is 0 Å². The van der Waals surface area contributed by atoms with Gasteiger partial charge in [-0.05, 0) is 48.4 Å². The van der Waals surface area contributed by atoms with Gasteiger partial charge in [0.05, 0.1) is 0 Å². The number of fused-ring (bicyclic) bond motifs is 1. The molecule has 1 atom stereocenters. The Kier molecular flexibility index (Phi) is 4.06. The smallest absolute Gasteiger partial charge is 0.253 e. The Bertz CT molecular complexity index is 498. The van der Waals surface area contributed by atoms with Crippen molar-refractivity contribution in [1.82, 2.24) is 10.2 Å². The lowest BCUT2D eigenvalue weighted by Gasteiger charge is -2.21. The van der Waals surface area contributed by atoms with E-state index in [4.69, 9.17) is 0 Å². The minimum Gasteiger partial charge on any atom is -0.339 e. The van der Waals surface area contributed by atoms with Crippen LogP contribution in [0.15, 0.2) is 18.2 Å². The van der Waals surface area contributed by atoms with Crippen LogP contribution >= 0.6 is 0 Å². The maximum absolute atomic E-state index is 12.7. The second kappa shape index (κ2) is 5.96. The average molecular weight is 272 g/mol. The lowest BCUT2D eigenvalue weighted by molar-refractivity contribution is 0.0760. The van der Waals surface area contributed by atoms with Gasteiger partial charge in [-0.3, -0.25) is 4.79 Å². The molecular formula is C17H24N2O. The predicted molar refractivity (Wildman–Crippen MR) is 80.5 cm³/mol. The highest BCUT2D eigenvalue weighted by Gasteiger charge is 2.22. The Hall–Kier alpha value is -1.35. The molecular weight excluding hydrogens is 248 g/mol. The van der Waals surface area contributed by atoms with Gasteiger partial charge in [0.15, 0.2) is 0 Å². The molecule has 3 heteroatoms. The van der Waals surface area contributed by atoms with Crippen molar-refractivity contribution in [3.05, 3.63) is 34.9 Å². The quantitative estimate of drug-likeness (QED) is 0.897. The monoisotopic (exact) mass is 272 g/mol. The summed E-state index contributed by atoms with van der Waals surface area (Å²) < 4.78 is 0. The van der Waals surface area contributed by atoms with E-state index in [9.17, 15) is 4.79 Å². The number of benzene rings is 1. The first kappa shape index (κ1) is 13.6. The van der Waals surface area contributed by atoms with E-state index in [1.165, 1.54) is 24.0 Å². The third-order valence-electron chi connectivity index (χ3n) is 4.80. The summed E-state index contributed by atoms with van der Waals surface area (Å²) in [5.41, 5.74) is 3.49. The number of carbonyl (C=O) groups is 1. The zero-order valence-electron chi connectivity index (χ0n) is 12.3. The first-order chi connectivity index (χ1) is 9.78. The first-order valence-electron chi connectivity index (χ1n) is 7.89. The van der Waals surface area contributed by atoms with Gasteiger partial charge in [-0.2, -0.15) is 0 Å². The minimum atomic E-state index is 0.219. The number of hydrogen-bond acceptors (Lipinski definition) is 2. The van der Waals surface area contributed by atoms with Gasteiger partial charge in [0.1, 0.15) is 0 Å². The van der Waals surface area contributed by atoms with Gasteiger partial charge in [-0.1, -0.05) is 19.4 Å². The molecule has 1 unspecified atom stereocenters. The van der Waals surface area contributed by atoms with Crippen LogP contribution in [0.25, 0.3) is 0 Å². The zero-order chi connectivity index (χ0) is 13.9. The van der Waals surface area contributed by atoms with Crippen LogP contribution in [0.5, 0.6) is 0 Å². The molecule has 0 radical (unpaired) electrons. The number of nitrogens with zero attached hydrogens (tertiary/aromatic N) is 1. The maximum atomic E-state index is 12.7. The van der Waals surface area contributed by atoms with Gasteiger partial charge in [-0.15, -0.1) is 0 Å². The van der Waals surface area contributed by atoms with E-state index in [0.717, 1.165) is 50.5 Å². The molecule has 3 nitrogen and oxygen atoms in total. The lowest BCUT2D eigenvalue weighted by atomic mass is 9.98. The van der Waals surface area contributed by atoms with Crippen LogP contribution in [0.2, 0.25) is 0 Å². The summed E-state index contributed by atoms with van der Waals surface area (Å²) in [6, 6.07) is 6.19. The fourth-order valence-electron chi connectivity index (χ4n) is 3.39. The fraction of sp³-hybridized carbons (Fsp3) is 0.588. The summed E-state index contributed by atoms with van der Waals surface area (Å²) in [6.07, 6.45) is 4.83. The van der Waals surface area contributed by atoms with Crippen molar-refractivity contribution in [3.63, 3.8) is 0 Å². The van der Waals surface area contributed by atoms with E-state index < -0.39 is 0 Å². The third-order valence-corrected chi connectivity index (χ3v) is 4.80. The minimum absolute atomic E-state index is 0.219. The molecule has 1 aromatic carbocycles. The van der Waals surface area contributed by atoms with E-state index in [2.05, 4.69) is 29.3 Å². The third kappa shape index (κ3) is 2.73. The van der Waals surface area contributed by atoms with Crippen molar-refractivity contribution in [2.75, 3.05) is 13.1 Å². The van der Waals surface area contributed by atoms with Crippen molar-refractivity contribution in [3.8, 4) is 0 Å². The molecule has 0 aromatic heterocycles. The fourth-order valence-corrected chi connectivity index (χ4v) is 3.39.